The lowest BCUT2D eigenvalue weighted by molar-refractivity contribution is -0.114. The van der Waals surface area contributed by atoms with Gasteiger partial charge >= 0.3 is 0 Å². The Morgan fingerprint density at radius 2 is 1.70 bits per heavy atom. The number of benzene rings is 2. The third-order valence-electron chi connectivity index (χ3n) is 4.08. The van der Waals surface area contributed by atoms with E-state index in [0.29, 0.717) is 11.4 Å². The average Bonchev–Trinajstić information content (AvgIpc) is 2.59. The Kier molecular flexibility index (Phi) is 6.28. The zero-order chi connectivity index (χ0) is 20.2. The molecule has 0 aliphatic heterocycles. The molecule has 6 nitrogen and oxygen atoms in total. The Morgan fingerprint density at radius 3 is 2.22 bits per heavy atom. The summed E-state index contributed by atoms with van der Waals surface area (Å²) in [7, 11) is -2.28. The second-order valence-corrected chi connectivity index (χ2v) is 9.08. The number of rotatable bonds is 6. The van der Waals surface area contributed by atoms with Gasteiger partial charge in [-0.3, -0.25) is 4.79 Å². The zero-order valence-corrected chi connectivity index (χ0v) is 17.1. The van der Waals surface area contributed by atoms with Crippen LogP contribution in [0.2, 0.25) is 0 Å². The number of hydrogen-bond donors (Lipinski definition) is 2. The topological polar surface area (TPSA) is 84.5 Å². The highest BCUT2D eigenvalue weighted by Crippen LogP contribution is 2.27. The van der Waals surface area contributed by atoms with Gasteiger partial charge in [-0.25, -0.2) is 13.1 Å². The SMILES string of the molecule is COc1ccc(S(=O)(=O)NCc2ccc(C(C)(C)C)cc2)cc1NC(C)=O. The van der Waals surface area contributed by atoms with Gasteiger partial charge in [0.15, 0.2) is 0 Å². The molecule has 2 aromatic carbocycles. The molecule has 0 saturated carbocycles. The second kappa shape index (κ2) is 8.10. The first-order valence-corrected chi connectivity index (χ1v) is 10.1. The maximum Gasteiger partial charge on any atom is 0.240 e. The van der Waals surface area contributed by atoms with Crippen LogP contribution in [0.5, 0.6) is 5.75 Å². The summed E-state index contributed by atoms with van der Waals surface area (Å²) in [5, 5.41) is 2.57. The molecule has 0 spiro atoms. The maximum absolute atomic E-state index is 12.6. The number of nitrogens with one attached hydrogen (secondary N) is 2. The lowest BCUT2D eigenvalue weighted by atomic mass is 9.87. The summed E-state index contributed by atoms with van der Waals surface area (Å²) in [6.07, 6.45) is 0. The van der Waals surface area contributed by atoms with Crippen molar-refractivity contribution < 1.29 is 17.9 Å². The number of hydrogen-bond acceptors (Lipinski definition) is 4. The fourth-order valence-corrected chi connectivity index (χ4v) is 3.57. The van der Waals surface area contributed by atoms with Gasteiger partial charge in [0.05, 0.1) is 17.7 Å². The minimum Gasteiger partial charge on any atom is -0.495 e. The van der Waals surface area contributed by atoms with Gasteiger partial charge in [-0.15, -0.1) is 0 Å². The van der Waals surface area contributed by atoms with E-state index in [1.165, 1.54) is 37.8 Å². The Morgan fingerprint density at radius 1 is 1.07 bits per heavy atom. The molecule has 2 rings (SSSR count). The number of carbonyl (C=O) groups is 1. The zero-order valence-electron chi connectivity index (χ0n) is 16.3. The molecule has 0 aromatic heterocycles. The highest BCUT2D eigenvalue weighted by atomic mass is 32.2. The number of anilines is 1. The van der Waals surface area contributed by atoms with E-state index < -0.39 is 10.0 Å². The van der Waals surface area contributed by atoms with Crippen molar-refractivity contribution in [1.82, 2.24) is 4.72 Å². The van der Waals surface area contributed by atoms with Crippen molar-refractivity contribution in [3.8, 4) is 5.75 Å². The third kappa shape index (κ3) is 5.55. The number of amides is 1. The van der Waals surface area contributed by atoms with E-state index in [0.717, 1.165) is 5.56 Å². The monoisotopic (exact) mass is 390 g/mol. The van der Waals surface area contributed by atoms with E-state index in [1.807, 2.05) is 24.3 Å². The summed E-state index contributed by atoms with van der Waals surface area (Å²) in [5.41, 5.74) is 2.40. The van der Waals surface area contributed by atoms with Crippen LogP contribution in [0.3, 0.4) is 0 Å². The summed E-state index contributed by atoms with van der Waals surface area (Å²) < 4.78 is 32.9. The van der Waals surface area contributed by atoms with Crippen molar-refractivity contribution >= 4 is 21.6 Å². The molecule has 0 atom stereocenters. The lowest BCUT2D eigenvalue weighted by Gasteiger charge is -2.19. The minimum absolute atomic E-state index is 0.0429. The molecule has 0 unspecified atom stereocenters. The molecule has 0 saturated heterocycles. The van der Waals surface area contributed by atoms with Crippen LogP contribution in [0.1, 0.15) is 38.8 Å². The van der Waals surface area contributed by atoms with E-state index >= 15 is 0 Å². The summed E-state index contributed by atoms with van der Waals surface area (Å²) in [6, 6.07) is 12.2. The van der Waals surface area contributed by atoms with Gasteiger partial charge in [0.1, 0.15) is 5.75 Å². The number of ether oxygens (including phenoxy) is 1. The molecule has 0 aliphatic carbocycles. The summed E-state index contributed by atoms with van der Waals surface area (Å²) in [5.74, 6) is 0.0802. The van der Waals surface area contributed by atoms with Crippen LogP contribution in [0.4, 0.5) is 5.69 Å². The fourth-order valence-electron chi connectivity index (χ4n) is 2.53. The average molecular weight is 391 g/mol. The number of carbonyl (C=O) groups excluding carboxylic acids is 1. The fraction of sp³-hybridized carbons (Fsp3) is 0.350. The smallest absolute Gasteiger partial charge is 0.240 e. The van der Waals surface area contributed by atoms with Crippen molar-refractivity contribution in [3.63, 3.8) is 0 Å². The van der Waals surface area contributed by atoms with Crippen LogP contribution < -0.4 is 14.8 Å². The standard InChI is InChI=1S/C20H26N2O4S/c1-14(23)22-18-12-17(10-11-19(18)26-5)27(24,25)21-13-15-6-8-16(9-7-15)20(2,3)4/h6-12,21H,13H2,1-5H3,(H,22,23). The highest BCUT2D eigenvalue weighted by Gasteiger charge is 2.17. The van der Waals surface area contributed by atoms with Gasteiger partial charge in [-0.05, 0) is 34.7 Å². The molecule has 7 heteroatoms. The Hall–Kier alpha value is -2.38. The van der Waals surface area contributed by atoms with Crippen LogP contribution in [-0.2, 0) is 26.8 Å². The first-order chi connectivity index (χ1) is 12.5. The maximum atomic E-state index is 12.6. The third-order valence-corrected chi connectivity index (χ3v) is 5.48. The van der Waals surface area contributed by atoms with Crippen LogP contribution >= 0.6 is 0 Å². The van der Waals surface area contributed by atoms with Crippen LogP contribution in [0.25, 0.3) is 0 Å². The van der Waals surface area contributed by atoms with Crippen molar-refractivity contribution in [2.45, 2.75) is 44.6 Å². The van der Waals surface area contributed by atoms with E-state index in [4.69, 9.17) is 4.74 Å². The molecule has 146 valence electrons. The van der Waals surface area contributed by atoms with Gasteiger partial charge in [-0.1, -0.05) is 45.0 Å². The molecule has 0 heterocycles. The Labute approximate surface area is 161 Å². The van der Waals surface area contributed by atoms with Gasteiger partial charge in [0, 0.05) is 13.5 Å². The molecule has 0 fully saturated rings. The normalized spacial score (nSPS) is 11.9. The van der Waals surface area contributed by atoms with Crippen molar-refractivity contribution in [2.24, 2.45) is 0 Å². The van der Waals surface area contributed by atoms with E-state index in [-0.39, 0.29) is 22.8 Å². The minimum atomic E-state index is -3.74. The molecule has 0 radical (unpaired) electrons. The van der Waals surface area contributed by atoms with Gasteiger partial charge in [-0.2, -0.15) is 0 Å². The summed E-state index contributed by atoms with van der Waals surface area (Å²) >= 11 is 0. The Balaban J connectivity index is 2.18. The summed E-state index contributed by atoms with van der Waals surface area (Å²) in [6.45, 7) is 7.90. The Bertz CT molecular complexity index is 914. The molecular weight excluding hydrogens is 364 g/mol. The number of methoxy groups -OCH3 is 1. The predicted molar refractivity (Wildman–Crippen MR) is 106 cm³/mol. The van der Waals surface area contributed by atoms with Gasteiger partial charge in [0.25, 0.3) is 0 Å². The highest BCUT2D eigenvalue weighted by molar-refractivity contribution is 7.89. The second-order valence-electron chi connectivity index (χ2n) is 7.31. The van der Waals surface area contributed by atoms with Crippen LogP contribution in [0.15, 0.2) is 47.4 Å². The molecule has 2 aromatic rings. The lowest BCUT2D eigenvalue weighted by Crippen LogP contribution is -2.23. The molecule has 0 bridgehead atoms. The molecular formula is C20H26N2O4S. The van der Waals surface area contributed by atoms with Crippen molar-refractivity contribution in [2.75, 3.05) is 12.4 Å². The van der Waals surface area contributed by atoms with E-state index in [2.05, 4.69) is 30.8 Å². The van der Waals surface area contributed by atoms with Crippen LogP contribution in [-0.4, -0.2) is 21.4 Å². The van der Waals surface area contributed by atoms with Gasteiger partial charge < -0.3 is 10.1 Å². The van der Waals surface area contributed by atoms with Crippen LogP contribution in [0, 0.1) is 0 Å². The van der Waals surface area contributed by atoms with Crippen molar-refractivity contribution in [3.05, 3.63) is 53.6 Å². The first kappa shape index (κ1) is 20.9. The molecule has 0 aliphatic rings. The van der Waals surface area contributed by atoms with E-state index in [1.54, 1.807) is 0 Å². The first-order valence-electron chi connectivity index (χ1n) is 8.57. The molecule has 1 amide bonds. The predicted octanol–water partition coefficient (Wildman–Crippen LogP) is 3.43. The number of sulfonamides is 1. The van der Waals surface area contributed by atoms with Gasteiger partial charge in [0.2, 0.25) is 15.9 Å². The molecule has 27 heavy (non-hydrogen) atoms. The van der Waals surface area contributed by atoms with E-state index in [9.17, 15) is 13.2 Å². The quantitative estimate of drug-likeness (QED) is 0.791. The van der Waals surface area contributed by atoms with Crippen molar-refractivity contribution in [1.29, 1.82) is 0 Å². The largest absolute Gasteiger partial charge is 0.495 e. The molecule has 2 N–H and O–H groups in total. The summed E-state index contributed by atoms with van der Waals surface area (Å²) in [4.78, 5) is 11.4.